The third-order valence-electron chi connectivity index (χ3n) is 10.9. The van der Waals surface area contributed by atoms with Crippen LogP contribution < -0.4 is 54.8 Å². The molecule has 1 aromatic carbocycles. The number of carboxylic acid groups (broad SMARTS) is 1. The van der Waals surface area contributed by atoms with Gasteiger partial charge in [-0.1, -0.05) is 78.3 Å². The molecule has 0 bridgehead atoms. The van der Waals surface area contributed by atoms with Crippen LogP contribution in [0, 0.1) is 17.8 Å². The van der Waals surface area contributed by atoms with E-state index >= 15 is 0 Å². The third kappa shape index (κ3) is 20.8. The quantitative estimate of drug-likeness (QED) is 0.0266. The zero-order valence-electron chi connectivity index (χ0n) is 39.3. The molecule has 0 unspecified atom stereocenters. The summed E-state index contributed by atoms with van der Waals surface area (Å²) in [6.45, 7) is 11.6. The Hall–Kier alpha value is -6.09. The molecule has 2 aromatic rings. The Morgan fingerprint density at radius 2 is 1.15 bits per heavy atom. The first-order chi connectivity index (χ1) is 31.2. The van der Waals surface area contributed by atoms with Crippen LogP contribution in [0.15, 0.2) is 47.8 Å². The summed E-state index contributed by atoms with van der Waals surface area (Å²) in [7, 11) is 0. The molecule has 1 aromatic heterocycles. The monoisotopic (exact) mass is 926 g/mol. The molecule has 21 heteroatoms. The molecule has 0 radical (unpaired) electrons. The van der Waals surface area contributed by atoms with Gasteiger partial charge in [0.1, 0.15) is 36.3 Å². The van der Waals surface area contributed by atoms with E-state index in [1.54, 1.807) is 30.3 Å². The van der Waals surface area contributed by atoms with E-state index in [2.05, 4.69) is 46.9 Å². The molecule has 8 atom stereocenters. The molecular formula is C45H75N13O8. The number of nitrogens with zero attached hydrogens (tertiary/aromatic N) is 2. The Bertz CT molecular complexity index is 1860. The van der Waals surface area contributed by atoms with E-state index in [0.717, 1.165) is 0 Å². The number of nitrogens with two attached hydrogens (primary N) is 4. The van der Waals surface area contributed by atoms with Gasteiger partial charge in [0.05, 0.1) is 12.4 Å². The van der Waals surface area contributed by atoms with Gasteiger partial charge in [-0.2, -0.15) is 0 Å². The average molecular weight is 926 g/mol. The maximum atomic E-state index is 14.3. The zero-order chi connectivity index (χ0) is 49.3. The summed E-state index contributed by atoms with van der Waals surface area (Å²) in [5, 5.41) is 26.3. The number of aliphatic carboxylic acids is 1. The van der Waals surface area contributed by atoms with E-state index in [-0.39, 0.29) is 75.2 Å². The number of imidazole rings is 1. The van der Waals surface area contributed by atoms with E-state index in [1.807, 2.05) is 41.5 Å². The van der Waals surface area contributed by atoms with Crippen molar-refractivity contribution < 1.29 is 38.7 Å². The molecule has 21 nitrogen and oxygen atoms in total. The number of rotatable bonds is 31. The largest absolute Gasteiger partial charge is 0.480 e. The van der Waals surface area contributed by atoms with Crippen LogP contribution in [0.2, 0.25) is 0 Å². The second-order valence-electron chi connectivity index (χ2n) is 17.6. The second kappa shape index (κ2) is 29.4. The predicted octanol–water partition coefficient (Wildman–Crippen LogP) is -0.164. The Morgan fingerprint density at radius 1 is 0.667 bits per heavy atom. The van der Waals surface area contributed by atoms with Crippen LogP contribution in [0.25, 0.3) is 0 Å². The van der Waals surface area contributed by atoms with Gasteiger partial charge >= 0.3 is 5.97 Å². The highest BCUT2D eigenvalue weighted by Crippen LogP contribution is 2.13. The lowest BCUT2D eigenvalue weighted by atomic mass is 9.98. The Labute approximate surface area is 388 Å². The summed E-state index contributed by atoms with van der Waals surface area (Å²) >= 11 is 0. The van der Waals surface area contributed by atoms with E-state index < -0.39 is 83.7 Å². The predicted molar refractivity (Wildman–Crippen MR) is 251 cm³/mol. The summed E-state index contributed by atoms with van der Waals surface area (Å²) in [5.74, 6) is -5.82. The molecule has 66 heavy (non-hydrogen) atoms. The lowest BCUT2D eigenvalue weighted by molar-refractivity contribution is -0.142. The first-order valence-electron chi connectivity index (χ1n) is 22.8. The van der Waals surface area contributed by atoms with Crippen molar-refractivity contribution in [3.8, 4) is 0 Å². The Kier molecular flexibility index (Phi) is 25.0. The Balaban J connectivity index is 2.42. The average Bonchev–Trinajstić information content (AvgIpc) is 3.78. The molecule has 6 amide bonds. The molecule has 0 aliphatic heterocycles. The van der Waals surface area contributed by atoms with Crippen LogP contribution in [0.5, 0.6) is 0 Å². The lowest BCUT2D eigenvalue weighted by Gasteiger charge is -2.28. The minimum Gasteiger partial charge on any atom is -0.480 e. The topological polar surface area (TPSA) is 357 Å². The van der Waals surface area contributed by atoms with Crippen LogP contribution in [0.1, 0.15) is 104 Å². The van der Waals surface area contributed by atoms with E-state index in [1.165, 1.54) is 12.5 Å². The smallest absolute Gasteiger partial charge is 0.326 e. The minimum absolute atomic E-state index is 0.00337. The summed E-state index contributed by atoms with van der Waals surface area (Å²) in [5.41, 5.74) is 24.0. The molecule has 16 N–H and O–H groups in total. The molecule has 0 fully saturated rings. The van der Waals surface area contributed by atoms with E-state index in [9.17, 15) is 38.7 Å². The van der Waals surface area contributed by atoms with Gasteiger partial charge in [-0.15, -0.1) is 0 Å². The molecular weight excluding hydrogens is 851 g/mol. The lowest BCUT2D eigenvalue weighted by Crippen LogP contribution is -2.60. The van der Waals surface area contributed by atoms with Crippen molar-refractivity contribution in [3.63, 3.8) is 0 Å². The van der Waals surface area contributed by atoms with Crippen LogP contribution in [-0.2, 0) is 46.4 Å². The van der Waals surface area contributed by atoms with Crippen molar-refractivity contribution in [3.05, 3.63) is 54.1 Å². The van der Waals surface area contributed by atoms with Gasteiger partial charge in [0.2, 0.25) is 35.4 Å². The number of carboxylic acids is 1. The van der Waals surface area contributed by atoms with Crippen LogP contribution in [0.3, 0.4) is 0 Å². The number of nitrogens with one attached hydrogen (secondary N) is 7. The molecule has 1 heterocycles. The number of H-pyrrole nitrogens is 1. The van der Waals surface area contributed by atoms with Gasteiger partial charge in [-0.25, -0.2) is 9.78 Å². The number of hydrogen-bond acceptors (Lipinski definition) is 11. The Morgan fingerprint density at radius 3 is 1.65 bits per heavy atom. The van der Waals surface area contributed by atoms with Crippen molar-refractivity contribution in [1.29, 1.82) is 0 Å². The summed E-state index contributed by atoms with van der Waals surface area (Å²) in [6, 6.07) is 0.769. The number of unbranched alkanes of at least 4 members (excludes halogenated alkanes) is 1. The van der Waals surface area contributed by atoms with Crippen LogP contribution in [-0.4, -0.2) is 118 Å². The van der Waals surface area contributed by atoms with Gasteiger partial charge in [0.15, 0.2) is 5.96 Å². The molecule has 0 spiro atoms. The molecule has 0 saturated carbocycles. The fourth-order valence-electron chi connectivity index (χ4n) is 6.95. The molecule has 0 saturated heterocycles. The van der Waals surface area contributed by atoms with Crippen molar-refractivity contribution >= 4 is 47.4 Å². The molecule has 0 aliphatic rings. The molecule has 0 aliphatic carbocycles. The van der Waals surface area contributed by atoms with Crippen molar-refractivity contribution in [2.75, 3.05) is 13.1 Å². The second-order valence-corrected chi connectivity index (χ2v) is 17.6. The van der Waals surface area contributed by atoms with Gasteiger partial charge in [0.25, 0.3) is 0 Å². The third-order valence-corrected chi connectivity index (χ3v) is 10.9. The fraction of sp³-hybridized carbons (Fsp3) is 0.622. The standard InChI is InChI=1S/C45H75N13O8/c1-7-28(6)37(47)43(64)58-36(23-30-24-50-25-52-30)42(63)56-33(20-26(2)3)39(60)53-31(16-11-12-18-46)38(59)57-35(22-29-14-9-8-10-15-29)41(62)55-34(21-27(4)5)40(61)54-32(44(65)66)17-13-19-51-45(48)49/h8-10,14-15,24-28,31-37H,7,11-13,16-23,46-47H2,1-6H3,(H,50,52)(H,53,60)(H,54,61)(H,55,62)(H,56,63)(H,57,59)(H,58,64)(H,65,66)(H4,48,49,51)/t28-,31-,32-,33-,34-,35-,36-,37-/m0/s1. The number of aliphatic imine (C=N–C) groups is 1. The van der Waals surface area contributed by atoms with E-state index in [0.29, 0.717) is 37.1 Å². The number of hydrogen-bond donors (Lipinski definition) is 12. The van der Waals surface area contributed by atoms with Crippen molar-refractivity contribution in [2.45, 2.75) is 148 Å². The first kappa shape index (κ1) is 56.0. The normalized spacial score (nSPS) is 14.9. The number of carbonyl (C=O) groups is 7. The number of aromatic nitrogens is 2. The maximum Gasteiger partial charge on any atom is 0.326 e. The number of carbonyl (C=O) groups excluding carboxylic acids is 6. The van der Waals surface area contributed by atoms with Crippen LogP contribution in [0.4, 0.5) is 0 Å². The summed E-state index contributed by atoms with van der Waals surface area (Å²) in [6.07, 6.45) is 5.27. The highest BCUT2D eigenvalue weighted by atomic mass is 16.4. The molecule has 2 rings (SSSR count). The van der Waals surface area contributed by atoms with Gasteiger partial charge in [-0.05, 0) is 74.8 Å². The minimum atomic E-state index is -1.30. The number of benzene rings is 1. The number of aromatic amines is 1. The van der Waals surface area contributed by atoms with Crippen molar-refractivity contribution in [1.82, 2.24) is 41.9 Å². The highest BCUT2D eigenvalue weighted by molar-refractivity contribution is 5.97. The number of guanidine groups is 1. The van der Waals surface area contributed by atoms with Gasteiger partial charge < -0.3 is 64.9 Å². The first-order valence-corrected chi connectivity index (χ1v) is 22.8. The van der Waals surface area contributed by atoms with Crippen LogP contribution >= 0.6 is 0 Å². The summed E-state index contributed by atoms with van der Waals surface area (Å²) < 4.78 is 0. The van der Waals surface area contributed by atoms with Gasteiger partial charge in [-0.3, -0.25) is 33.8 Å². The van der Waals surface area contributed by atoms with Crippen molar-refractivity contribution in [2.24, 2.45) is 45.7 Å². The fourth-order valence-corrected chi connectivity index (χ4v) is 6.95. The number of amides is 6. The summed E-state index contributed by atoms with van der Waals surface area (Å²) in [4.78, 5) is 106. The van der Waals surface area contributed by atoms with E-state index in [4.69, 9.17) is 22.9 Å². The SMILES string of the molecule is CC[C@H](C)[C@H](N)C(=O)N[C@@H](Cc1cnc[nH]1)C(=O)N[C@@H](CC(C)C)C(=O)N[C@@H](CCCCN)C(=O)N[C@@H](Cc1ccccc1)C(=O)N[C@@H](CC(C)C)C(=O)N[C@@H](CCCN=C(N)N)C(=O)O. The maximum absolute atomic E-state index is 14.3. The highest BCUT2D eigenvalue weighted by Gasteiger charge is 2.35. The zero-order valence-corrected chi connectivity index (χ0v) is 39.3. The molecule has 368 valence electrons. The van der Waals surface area contributed by atoms with Gasteiger partial charge in [0, 0.05) is 31.3 Å².